The molecule has 0 aromatic heterocycles. The van der Waals surface area contributed by atoms with Crippen LogP contribution in [0.15, 0.2) is 0 Å². The maximum atomic E-state index is 12.5. The SMILES string of the molecule is CC(C)N1CCCC(CNC(=O)N2CCN(C3CCCC3)CC2)C1. The van der Waals surface area contributed by atoms with E-state index in [2.05, 4.69) is 29.0 Å². The van der Waals surface area contributed by atoms with Crippen molar-refractivity contribution in [3.63, 3.8) is 0 Å². The van der Waals surface area contributed by atoms with Gasteiger partial charge in [-0.15, -0.1) is 0 Å². The van der Waals surface area contributed by atoms with Crippen molar-refractivity contribution in [2.75, 3.05) is 45.8 Å². The van der Waals surface area contributed by atoms with Crippen LogP contribution in [0.1, 0.15) is 52.4 Å². The first kappa shape index (κ1) is 18.0. The number of rotatable bonds is 4. The quantitative estimate of drug-likeness (QED) is 0.857. The van der Waals surface area contributed by atoms with Crippen LogP contribution in [0, 0.1) is 5.92 Å². The van der Waals surface area contributed by atoms with Crippen molar-refractivity contribution >= 4 is 6.03 Å². The number of nitrogens with zero attached hydrogens (tertiary/aromatic N) is 3. The molecule has 1 atom stereocenters. The molecule has 1 saturated carbocycles. The molecule has 0 bridgehead atoms. The Hall–Kier alpha value is -0.810. The van der Waals surface area contributed by atoms with Crippen LogP contribution in [0.4, 0.5) is 4.79 Å². The van der Waals surface area contributed by atoms with Crippen LogP contribution >= 0.6 is 0 Å². The van der Waals surface area contributed by atoms with Crippen LogP contribution in [0.25, 0.3) is 0 Å². The zero-order valence-electron chi connectivity index (χ0n) is 15.7. The summed E-state index contributed by atoms with van der Waals surface area (Å²) in [5, 5.41) is 3.21. The van der Waals surface area contributed by atoms with Gasteiger partial charge in [0.2, 0.25) is 0 Å². The topological polar surface area (TPSA) is 38.8 Å². The Balaban J connectivity index is 1.36. The molecule has 2 aliphatic heterocycles. The van der Waals surface area contributed by atoms with E-state index in [-0.39, 0.29) is 6.03 Å². The number of amides is 2. The summed E-state index contributed by atoms with van der Waals surface area (Å²) < 4.78 is 0. The normalized spacial score (nSPS) is 27.8. The van der Waals surface area contributed by atoms with E-state index in [4.69, 9.17) is 0 Å². The lowest BCUT2D eigenvalue weighted by Gasteiger charge is -2.39. The average molecular weight is 337 g/mol. The van der Waals surface area contributed by atoms with Crippen LogP contribution < -0.4 is 5.32 Å². The largest absolute Gasteiger partial charge is 0.338 e. The summed E-state index contributed by atoms with van der Waals surface area (Å²) in [7, 11) is 0. The van der Waals surface area contributed by atoms with E-state index in [1.165, 1.54) is 45.1 Å². The third kappa shape index (κ3) is 4.63. The van der Waals surface area contributed by atoms with Crippen molar-refractivity contribution in [2.24, 2.45) is 5.92 Å². The van der Waals surface area contributed by atoms with Gasteiger partial charge in [0, 0.05) is 51.4 Å². The molecule has 2 amide bonds. The summed E-state index contributed by atoms with van der Waals surface area (Å²) in [6.45, 7) is 11.6. The molecule has 0 aromatic carbocycles. The predicted molar refractivity (Wildman–Crippen MR) is 98.2 cm³/mol. The lowest BCUT2D eigenvalue weighted by Crippen LogP contribution is -2.54. The van der Waals surface area contributed by atoms with Gasteiger partial charge in [-0.3, -0.25) is 4.90 Å². The van der Waals surface area contributed by atoms with Crippen molar-refractivity contribution in [1.82, 2.24) is 20.0 Å². The highest BCUT2D eigenvalue weighted by molar-refractivity contribution is 5.74. The Labute approximate surface area is 147 Å². The fourth-order valence-corrected chi connectivity index (χ4v) is 4.64. The predicted octanol–water partition coefficient (Wildman–Crippen LogP) is 2.38. The van der Waals surface area contributed by atoms with Crippen LogP contribution in [0.2, 0.25) is 0 Å². The number of hydrogen-bond acceptors (Lipinski definition) is 3. The minimum absolute atomic E-state index is 0.155. The van der Waals surface area contributed by atoms with Crippen molar-refractivity contribution in [2.45, 2.75) is 64.5 Å². The summed E-state index contributed by atoms with van der Waals surface area (Å²) in [4.78, 5) is 19.6. The van der Waals surface area contributed by atoms with Crippen LogP contribution in [0.5, 0.6) is 0 Å². The Kier molecular flexibility index (Phi) is 6.39. The smallest absolute Gasteiger partial charge is 0.317 e. The van der Waals surface area contributed by atoms with E-state index in [9.17, 15) is 4.79 Å². The summed E-state index contributed by atoms with van der Waals surface area (Å²) in [6.07, 6.45) is 8.01. The van der Waals surface area contributed by atoms with Gasteiger partial charge in [0.15, 0.2) is 0 Å². The molecular weight excluding hydrogens is 300 g/mol. The van der Waals surface area contributed by atoms with Gasteiger partial charge < -0.3 is 15.1 Å². The lowest BCUT2D eigenvalue weighted by atomic mass is 9.97. The first-order valence-corrected chi connectivity index (χ1v) is 10.1. The number of nitrogens with one attached hydrogen (secondary N) is 1. The van der Waals surface area contributed by atoms with Gasteiger partial charge in [0.05, 0.1) is 0 Å². The summed E-state index contributed by atoms with van der Waals surface area (Å²) in [6, 6.07) is 1.56. The second-order valence-corrected chi connectivity index (χ2v) is 8.24. The van der Waals surface area contributed by atoms with Crippen molar-refractivity contribution in [3.05, 3.63) is 0 Å². The van der Waals surface area contributed by atoms with E-state index >= 15 is 0 Å². The van der Waals surface area contributed by atoms with Gasteiger partial charge >= 0.3 is 6.03 Å². The number of likely N-dealkylation sites (tertiary alicyclic amines) is 1. The van der Waals surface area contributed by atoms with Crippen molar-refractivity contribution in [1.29, 1.82) is 0 Å². The number of piperazine rings is 1. The maximum absolute atomic E-state index is 12.5. The number of carbonyl (C=O) groups is 1. The molecule has 2 heterocycles. The average Bonchev–Trinajstić information content (AvgIpc) is 3.14. The highest BCUT2D eigenvalue weighted by Crippen LogP contribution is 2.24. The fraction of sp³-hybridized carbons (Fsp3) is 0.947. The molecule has 3 aliphatic rings. The summed E-state index contributed by atoms with van der Waals surface area (Å²) in [5.74, 6) is 0.616. The summed E-state index contributed by atoms with van der Waals surface area (Å²) in [5.41, 5.74) is 0. The van der Waals surface area contributed by atoms with E-state index in [1.54, 1.807) is 0 Å². The number of hydrogen-bond donors (Lipinski definition) is 1. The lowest BCUT2D eigenvalue weighted by molar-refractivity contribution is 0.106. The van der Waals surface area contributed by atoms with E-state index < -0.39 is 0 Å². The van der Waals surface area contributed by atoms with Gasteiger partial charge in [0.1, 0.15) is 0 Å². The van der Waals surface area contributed by atoms with Gasteiger partial charge in [0.25, 0.3) is 0 Å². The van der Waals surface area contributed by atoms with Crippen LogP contribution in [-0.2, 0) is 0 Å². The molecule has 5 heteroatoms. The standard InChI is InChI=1S/C19H36N4O/c1-16(2)23-9-5-6-17(15-23)14-20-19(24)22-12-10-21(11-13-22)18-7-3-4-8-18/h16-18H,3-15H2,1-2H3,(H,20,24). The Morgan fingerprint density at radius 1 is 1.00 bits per heavy atom. The third-order valence-electron chi connectivity index (χ3n) is 6.27. The van der Waals surface area contributed by atoms with Crippen LogP contribution in [0.3, 0.4) is 0 Å². The molecule has 1 unspecified atom stereocenters. The molecule has 1 N–H and O–H groups in total. The Morgan fingerprint density at radius 2 is 1.71 bits per heavy atom. The molecule has 0 spiro atoms. The Bertz CT molecular complexity index is 400. The van der Waals surface area contributed by atoms with Gasteiger partial charge in [-0.1, -0.05) is 12.8 Å². The number of carbonyl (C=O) groups excluding carboxylic acids is 1. The molecule has 2 saturated heterocycles. The maximum Gasteiger partial charge on any atom is 0.317 e. The monoisotopic (exact) mass is 336 g/mol. The van der Waals surface area contributed by atoms with Gasteiger partial charge in [-0.2, -0.15) is 0 Å². The van der Waals surface area contributed by atoms with Crippen molar-refractivity contribution in [3.8, 4) is 0 Å². The van der Waals surface area contributed by atoms with E-state index in [1.807, 2.05) is 4.90 Å². The molecule has 3 rings (SSSR count). The van der Waals surface area contributed by atoms with Gasteiger partial charge in [-0.25, -0.2) is 4.79 Å². The molecule has 0 aromatic rings. The molecule has 138 valence electrons. The number of urea groups is 1. The van der Waals surface area contributed by atoms with Crippen molar-refractivity contribution < 1.29 is 4.79 Å². The van der Waals surface area contributed by atoms with Crippen LogP contribution in [-0.4, -0.2) is 78.6 Å². The molecule has 1 aliphatic carbocycles. The van der Waals surface area contributed by atoms with E-state index in [0.29, 0.717) is 12.0 Å². The second kappa shape index (κ2) is 8.52. The minimum atomic E-state index is 0.155. The first-order chi connectivity index (χ1) is 11.6. The summed E-state index contributed by atoms with van der Waals surface area (Å²) >= 11 is 0. The first-order valence-electron chi connectivity index (χ1n) is 10.1. The zero-order chi connectivity index (χ0) is 16.9. The van der Waals surface area contributed by atoms with E-state index in [0.717, 1.165) is 45.3 Å². The third-order valence-corrected chi connectivity index (χ3v) is 6.27. The molecular formula is C19H36N4O. The van der Waals surface area contributed by atoms with Gasteiger partial charge in [-0.05, 0) is 52.0 Å². The zero-order valence-corrected chi connectivity index (χ0v) is 15.7. The molecule has 5 nitrogen and oxygen atoms in total. The Morgan fingerprint density at radius 3 is 2.38 bits per heavy atom. The molecule has 0 radical (unpaired) electrons. The minimum Gasteiger partial charge on any atom is -0.338 e. The second-order valence-electron chi connectivity index (χ2n) is 8.24. The number of piperidine rings is 1. The molecule has 3 fully saturated rings. The highest BCUT2D eigenvalue weighted by Gasteiger charge is 2.28. The highest BCUT2D eigenvalue weighted by atomic mass is 16.2. The molecule has 24 heavy (non-hydrogen) atoms. The fourth-order valence-electron chi connectivity index (χ4n) is 4.64.